The maximum Gasteiger partial charge on any atom is 0.270 e. The number of ketones is 1. The zero-order chi connectivity index (χ0) is 17.0. The number of nitrogens with one attached hydrogen (secondary N) is 2. The Kier molecular flexibility index (Phi) is 3.49. The van der Waals surface area contributed by atoms with Crippen LogP contribution in [0.4, 0.5) is 10.2 Å². The molecule has 0 spiro atoms. The van der Waals surface area contributed by atoms with Gasteiger partial charge in [-0.1, -0.05) is 6.07 Å². The van der Waals surface area contributed by atoms with E-state index in [0.29, 0.717) is 40.8 Å². The van der Waals surface area contributed by atoms with Gasteiger partial charge in [0.25, 0.3) is 5.56 Å². The molecule has 1 unspecified atom stereocenters. The molecule has 1 aliphatic heterocycles. The Balaban J connectivity index is 1.99. The number of aryl methyl sites for hydroxylation is 1. The largest absolute Gasteiger partial charge is 0.343 e. The Morgan fingerprint density at radius 2 is 2.12 bits per heavy atom. The molecule has 0 fully saturated rings. The molecule has 4 rings (SSSR count). The zero-order valence-corrected chi connectivity index (χ0v) is 14.5. The van der Waals surface area contributed by atoms with Crippen molar-refractivity contribution in [1.82, 2.24) is 9.78 Å². The number of carbonyl (C=O) groups excluding carboxylic acids is 1. The van der Waals surface area contributed by atoms with Gasteiger partial charge in [-0.05, 0) is 47.0 Å². The molecule has 1 aromatic carbocycles. The lowest BCUT2D eigenvalue weighted by atomic mass is 9.82. The Hall–Kier alpha value is -2.15. The number of aromatic amines is 1. The third kappa shape index (κ3) is 2.11. The maximum atomic E-state index is 13.6. The van der Waals surface area contributed by atoms with Crippen LogP contribution in [0.3, 0.4) is 0 Å². The predicted octanol–water partition coefficient (Wildman–Crippen LogP) is 3.27. The van der Waals surface area contributed by atoms with Crippen molar-refractivity contribution in [3.8, 4) is 0 Å². The lowest BCUT2D eigenvalue weighted by Crippen LogP contribution is -2.23. The molecule has 0 saturated carbocycles. The SMILES string of the molecule is CCn1[nH]c(=O)c2c1NC1=C(C(=O)CC1)C2c1ccc(F)c(Br)c1. The van der Waals surface area contributed by atoms with Crippen LogP contribution in [0.2, 0.25) is 0 Å². The molecule has 2 N–H and O–H groups in total. The van der Waals surface area contributed by atoms with Crippen LogP contribution in [0.5, 0.6) is 0 Å². The predicted molar refractivity (Wildman–Crippen MR) is 91.6 cm³/mol. The van der Waals surface area contributed by atoms with E-state index in [0.717, 1.165) is 11.3 Å². The van der Waals surface area contributed by atoms with Crippen LogP contribution in [0.1, 0.15) is 36.8 Å². The second-order valence-electron chi connectivity index (χ2n) is 5.99. The third-order valence-corrected chi connectivity index (χ3v) is 5.28. The highest BCUT2D eigenvalue weighted by Gasteiger charge is 2.40. The highest BCUT2D eigenvalue weighted by Crippen LogP contribution is 2.45. The molecule has 1 atom stereocenters. The molecule has 1 aromatic heterocycles. The van der Waals surface area contributed by atoms with E-state index in [9.17, 15) is 14.0 Å². The van der Waals surface area contributed by atoms with Gasteiger partial charge < -0.3 is 5.32 Å². The molecule has 7 heteroatoms. The lowest BCUT2D eigenvalue weighted by molar-refractivity contribution is -0.115. The van der Waals surface area contributed by atoms with Crippen LogP contribution in [0, 0.1) is 5.82 Å². The lowest BCUT2D eigenvalue weighted by Gasteiger charge is -2.26. The van der Waals surface area contributed by atoms with E-state index < -0.39 is 5.92 Å². The molecule has 24 heavy (non-hydrogen) atoms. The molecular weight excluding hydrogens is 377 g/mol. The Morgan fingerprint density at radius 1 is 1.33 bits per heavy atom. The number of allylic oxidation sites excluding steroid dienone is 2. The highest BCUT2D eigenvalue weighted by molar-refractivity contribution is 9.10. The van der Waals surface area contributed by atoms with Gasteiger partial charge in [0.05, 0.1) is 10.0 Å². The van der Waals surface area contributed by atoms with E-state index in [1.165, 1.54) is 6.07 Å². The first-order valence-electron chi connectivity index (χ1n) is 7.82. The van der Waals surface area contributed by atoms with Crippen molar-refractivity contribution in [2.45, 2.75) is 32.2 Å². The summed E-state index contributed by atoms with van der Waals surface area (Å²) in [5.41, 5.74) is 2.51. The van der Waals surface area contributed by atoms with Crippen molar-refractivity contribution in [3.05, 3.63) is 61.2 Å². The second kappa shape index (κ2) is 5.44. The number of fused-ring (bicyclic) bond motifs is 1. The van der Waals surface area contributed by atoms with Gasteiger partial charge in [-0.3, -0.25) is 19.4 Å². The van der Waals surface area contributed by atoms with Crippen molar-refractivity contribution in [2.24, 2.45) is 0 Å². The van der Waals surface area contributed by atoms with Gasteiger partial charge in [0.15, 0.2) is 5.78 Å². The number of Topliss-reactive ketones (excluding diaryl/α,β-unsaturated/α-hetero) is 1. The van der Waals surface area contributed by atoms with E-state index in [2.05, 4.69) is 26.3 Å². The summed E-state index contributed by atoms with van der Waals surface area (Å²) in [6, 6.07) is 4.64. The fourth-order valence-electron chi connectivity index (χ4n) is 3.59. The van der Waals surface area contributed by atoms with E-state index in [4.69, 9.17) is 0 Å². The summed E-state index contributed by atoms with van der Waals surface area (Å²) in [6.07, 6.45) is 1.07. The molecule has 5 nitrogen and oxygen atoms in total. The van der Waals surface area contributed by atoms with Crippen LogP contribution in [-0.2, 0) is 11.3 Å². The van der Waals surface area contributed by atoms with Gasteiger partial charge >= 0.3 is 0 Å². The molecule has 0 radical (unpaired) electrons. The number of aromatic nitrogens is 2. The third-order valence-electron chi connectivity index (χ3n) is 4.67. The number of H-pyrrole nitrogens is 1. The van der Waals surface area contributed by atoms with Crippen LogP contribution in [0.15, 0.2) is 38.7 Å². The molecule has 0 saturated heterocycles. The van der Waals surface area contributed by atoms with Crippen LogP contribution in [0.25, 0.3) is 0 Å². The van der Waals surface area contributed by atoms with Gasteiger partial charge in [-0.2, -0.15) is 0 Å². The summed E-state index contributed by atoms with van der Waals surface area (Å²) in [4.78, 5) is 25.0. The summed E-state index contributed by atoms with van der Waals surface area (Å²) in [7, 11) is 0. The van der Waals surface area contributed by atoms with E-state index in [1.54, 1.807) is 16.8 Å². The van der Waals surface area contributed by atoms with Crippen molar-refractivity contribution < 1.29 is 9.18 Å². The standard InChI is InChI=1S/C17H15BrFN3O2/c1-2-22-16-15(17(24)21-22)13(8-3-4-10(19)9(18)7-8)14-11(20-16)5-6-12(14)23/h3-4,7,13,20H,2,5-6H2,1H3,(H,21,24). The van der Waals surface area contributed by atoms with Gasteiger partial charge in [0, 0.05) is 30.2 Å². The van der Waals surface area contributed by atoms with Gasteiger partial charge in [-0.25, -0.2) is 4.39 Å². The number of anilines is 1. The van der Waals surface area contributed by atoms with E-state index in [-0.39, 0.29) is 17.2 Å². The second-order valence-corrected chi connectivity index (χ2v) is 6.85. The van der Waals surface area contributed by atoms with Crippen LogP contribution < -0.4 is 10.9 Å². The molecule has 124 valence electrons. The summed E-state index contributed by atoms with van der Waals surface area (Å²) in [6.45, 7) is 2.54. The quantitative estimate of drug-likeness (QED) is 0.825. The fraction of sp³-hybridized carbons (Fsp3) is 0.294. The van der Waals surface area contributed by atoms with Crippen molar-refractivity contribution >= 4 is 27.5 Å². The summed E-state index contributed by atoms with van der Waals surface area (Å²) in [5, 5.41) is 6.07. The molecule has 2 aromatic rings. The van der Waals surface area contributed by atoms with Gasteiger partial charge in [0.1, 0.15) is 11.6 Å². The van der Waals surface area contributed by atoms with Crippen molar-refractivity contribution in [2.75, 3.05) is 5.32 Å². The van der Waals surface area contributed by atoms with Gasteiger partial charge in [-0.15, -0.1) is 0 Å². The number of carbonyl (C=O) groups is 1. The average Bonchev–Trinajstić information content (AvgIpc) is 3.09. The molecule has 0 bridgehead atoms. The molecule has 1 aliphatic carbocycles. The number of hydrogen-bond acceptors (Lipinski definition) is 3. The first kappa shape index (κ1) is 15.4. The molecule has 0 amide bonds. The Morgan fingerprint density at radius 3 is 2.83 bits per heavy atom. The van der Waals surface area contributed by atoms with Crippen LogP contribution in [-0.4, -0.2) is 15.6 Å². The van der Waals surface area contributed by atoms with Gasteiger partial charge in [0.2, 0.25) is 0 Å². The summed E-state index contributed by atoms with van der Waals surface area (Å²) in [5.74, 6) is -0.113. The zero-order valence-electron chi connectivity index (χ0n) is 13.0. The number of benzene rings is 1. The number of nitrogens with zero attached hydrogens (tertiary/aromatic N) is 1. The number of rotatable bonds is 2. The van der Waals surface area contributed by atoms with Crippen molar-refractivity contribution in [1.29, 1.82) is 0 Å². The van der Waals surface area contributed by atoms with Crippen molar-refractivity contribution in [3.63, 3.8) is 0 Å². The van der Waals surface area contributed by atoms with Crippen LogP contribution >= 0.6 is 15.9 Å². The minimum absolute atomic E-state index is 0.0391. The molecule has 2 aliphatic rings. The average molecular weight is 392 g/mol. The fourth-order valence-corrected chi connectivity index (χ4v) is 3.98. The maximum absolute atomic E-state index is 13.6. The normalized spacial score (nSPS) is 19.3. The molecular formula is C17H15BrFN3O2. The minimum atomic E-state index is -0.473. The highest BCUT2D eigenvalue weighted by atomic mass is 79.9. The summed E-state index contributed by atoms with van der Waals surface area (Å²) >= 11 is 3.19. The topological polar surface area (TPSA) is 66.9 Å². The Bertz CT molecular complexity index is 957. The minimum Gasteiger partial charge on any atom is -0.343 e. The number of hydrogen-bond donors (Lipinski definition) is 2. The monoisotopic (exact) mass is 391 g/mol. The van der Waals surface area contributed by atoms with E-state index in [1.807, 2.05) is 6.92 Å². The molecule has 2 heterocycles. The smallest absolute Gasteiger partial charge is 0.270 e. The van der Waals surface area contributed by atoms with E-state index >= 15 is 0 Å². The Labute approximate surface area is 145 Å². The first-order chi connectivity index (χ1) is 11.5. The number of halogens is 2. The first-order valence-corrected chi connectivity index (χ1v) is 8.61. The summed E-state index contributed by atoms with van der Waals surface area (Å²) < 4.78 is 15.7.